The molecule has 0 saturated heterocycles. The van der Waals surface area contributed by atoms with Crippen LogP contribution >= 0.6 is 0 Å². The Labute approximate surface area is 206 Å². The topological polar surface area (TPSA) is 12.5 Å². The second-order valence-electron chi connectivity index (χ2n) is 9.75. The van der Waals surface area contributed by atoms with Gasteiger partial charge < -0.3 is 9.33 Å². The smallest absolute Gasteiger partial charge is 0.261 e. The summed E-state index contributed by atoms with van der Waals surface area (Å²) in [6.45, 7) is 9.34. The fourth-order valence-electron chi connectivity index (χ4n) is 4.81. The van der Waals surface area contributed by atoms with Crippen molar-refractivity contribution in [1.29, 1.82) is 0 Å². The molecule has 0 aromatic heterocycles. The van der Waals surface area contributed by atoms with Crippen LogP contribution in [0.15, 0.2) is 121 Å². The Bertz CT molecular complexity index is 1090. The van der Waals surface area contributed by atoms with E-state index < -0.39 is 8.32 Å². The van der Waals surface area contributed by atoms with Crippen LogP contribution in [0.25, 0.3) is 0 Å². The quantitative estimate of drug-likeness (QED) is 0.270. The molecule has 4 aromatic carbocycles. The molecule has 0 aliphatic rings. The van der Waals surface area contributed by atoms with Gasteiger partial charge in [0.15, 0.2) is 0 Å². The fourth-order valence-corrected chi connectivity index (χ4v) is 9.37. The number of hydrogen-bond acceptors (Lipinski definition) is 2. The van der Waals surface area contributed by atoms with Gasteiger partial charge in [0.25, 0.3) is 8.32 Å². The van der Waals surface area contributed by atoms with Crippen LogP contribution in [0.3, 0.4) is 0 Å². The highest BCUT2D eigenvalue weighted by molar-refractivity contribution is 6.99. The van der Waals surface area contributed by atoms with E-state index in [9.17, 15) is 0 Å². The first-order valence-electron chi connectivity index (χ1n) is 12.1. The lowest BCUT2D eigenvalue weighted by atomic mass is 10.2. The number of benzene rings is 4. The van der Waals surface area contributed by atoms with Crippen LogP contribution in [-0.2, 0) is 11.0 Å². The molecule has 34 heavy (non-hydrogen) atoms. The number of hydrogen-bond donors (Lipinski definition) is 0. The van der Waals surface area contributed by atoms with E-state index in [1.165, 1.54) is 21.6 Å². The first kappa shape index (κ1) is 24.0. The number of nitrogens with zero attached hydrogens (tertiary/aromatic N) is 1. The molecule has 0 fully saturated rings. The highest BCUT2D eigenvalue weighted by Crippen LogP contribution is 2.36. The van der Waals surface area contributed by atoms with Gasteiger partial charge in [-0.1, -0.05) is 130 Å². The van der Waals surface area contributed by atoms with E-state index in [0.29, 0.717) is 6.61 Å². The molecule has 4 rings (SSSR count). The Morgan fingerprint density at radius 3 is 1.53 bits per heavy atom. The molecule has 3 heteroatoms. The summed E-state index contributed by atoms with van der Waals surface area (Å²) in [7, 11) is -2.54. The van der Waals surface area contributed by atoms with Gasteiger partial charge in [-0.2, -0.15) is 0 Å². The maximum Gasteiger partial charge on any atom is 0.261 e. The Hall–Kier alpha value is -3.14. The van der Waals surface area contributed by atoms with Crippen LogP contribution < -0.4 is 15.3 Å². The van der Waals surface area contributed by atoms with Crippen molar-refractivity contribution in [2.24, 2.45) is 0 Å². The highest BCUT2D eigenvalue weighted by Gasteiger charge is 2.50. The lowest BCUT2D eigenvalue weighted by Crippen LogP contribution is -2.67. The van der Waals surface area contributed by atoms with Crippen LogP contribution in [0.2, 0.25) is 5.04 Å². The van der Waals surface area contributed by atoms with Gasteiger partial charge in [0, 0.05) is 18.8 Å². The summed E-state index contributed by atoms with van der Waals surface area (Å²) in [6.07, 6.45) is 0. The van der Waals surface area contributed by atoms with Gasteiger partial charge in [-0.3, -0.25) is 0 Å². The zero-order chi connectivity index (χ0) is 23.9. The van der Waals surface area contributed by atoms with Gasteiger partial charge in [-0.25, -0.2) is 0 Å². The Morgan fingerprint density at radius 2 is 1.06 bits per heavy atom. The third-order valence-corrected chi connectivity index (χ3v) is 11.5. The number of rotatable bonds is 9. The van der Waals surface area contributed by atoms with E-state index in [2.05, 4.69) is 147 Å². The van der Waals surface area contributed by atoms with Crippen LogP contribution in [0.4, 0.5) is 5.69 Å². The van der Waals surface area contributed by atoms with E-state index in [0.717, 1.165) is 13.1 Å². The predicted molar refractivity (Wildman–Crippen MR) is 148 cm³/mol. The summed E-state index contributed by atoms with van der Waals surface area (Å²) in [5.74, 6) is 0. The summed E-state index contributed by atoms with van der Waals surface area (Å²) in [4.78, 5) is 2.42. The van der Waals surface area contributed by atoms with Crippen molar-refractivity contribution in [1.82, 2.24) is 0 Å². The van der Waals surface area contributed by atoms with Gasteiger partial charge >= 0.3 is 0 Å². The van der Waals surface area contributed by atoms with Crippen molar-refractivity contribution in [2.45, 2.75) is 32.4 Å². The molecule has 0 unspecified atom stereocenters. The maximum atomic E-state index is 7.15. The maximum absolute atomic E-state index is 7.15. The highest BCUT2D eigenvalue weighted by atomic mass is 28.4. The molecular weight excluding hydrogens is 430 g/mol. The first-order valence-corrected chi connectivity index (χ1v) is 14.0. The monoisotopic (exact) mass is 465 g/mol. The Kier molecular flexibility index (Phi) is 7.66. The third kappa shape index (κ3) is 5.32. The van der Waals surface area contributed by atoms with E-state index in [1.807, 2.05) is 0 Å². The molecule has 0 atom stereocenters. The minimum atomic E-state index is -2.54. The second kappa shape index (κ2) is 10.9. The van der Waals surface area contributed by atoms with Crippen LogP contribution in [0.5, 0.6) is 0 Å². The van der Waals surface area contributed by atoms with Gasteiger partial charge in [0.05, 0.1) is 6.61 Å². The summed E-state index contributed by atoms with van der Waals surface area (Å²) >= 11 is 0. The SMILES string of the molecule is CC(C)(C)[Si](OCCN(Cc1ccccc1)c1ccccc1)(c1ccccc1)c1ccccc1. The van der Waals surface area contributed by atoms with Crippen molar-refractivity contribution >= 4 is 24.4 Å². The summed E-state index contributed by atoms with van der Waals surface area (Å²) in [5.41, 5.74) is 2.52. The summed E-state index contributed by atoms with van der Waals surface area (Å²) in [5, 5.41) is 2.62. The molecule has 0 aliphatic carbocycles. The zero-order valence-corrected chi connectivity index (χ0v) is 21.5. The standard InChI is InChI=1S/C31H35NOSi/c1-31(2,3)34(29-20-12-6-13-21-29,30-22-14-7-15-23-30)33-25-24-32(28-18-10-5-11-19-28)26-27-16-8-4-9-17-27/h4-23H,24-26H2,1-3H3. The average molecular weight is 466 g/mol. The molecule has 174 valence electrons. The molecule has 4 aromatic rings. The minimum Gasteiger partial charge on any atom is -0.406 e. The molecule has 0 heterocycles. The second-order valence-corrected chi connectivity index (χ2v) is 14.1. The lowest BCUT2D eigenvalue weighted by Gasteiger charge is -2.43. The molecule has 0 N–H and O–H groups in total. The van der Waals surface area contributed by atoms with E-state index in [4.69, 9.17) is 4.43 Å². The Balaban J connectivity index is 1.65. The number of anilines is 1. The number of para-hydroxylation sites is 1. The van der Waals surface area contributed by atoms with Crippen LogP contribution in [0, 0.1) is 0 Å². The van der Waals surface area contributed by atoms with Gasteiger partial charge in [-0.15, -0.1) is 0 Å². The third-order valence-electron chi connectivity index (χ3n) is 6.43. The molecule has 2 nitrogen and oxygen atoms in total. The van der Waals surface area contributed by atoms with Gasteiger partial charge in [-0.05, 0) is 33.1 Å². The molecule has 0 saturated carbocycles. The minimum absolute atomic E-state index is 0.0211. The zero-order valence-electron chi connectivity index (χ0n) is 20.5. The molecule has 0 amide bonds. The average Bonchev–Trinajstić information content (AvgIpc) is 2.87. The van der Waals surface area contributed by atoms with Crippen LogP contribution in [0.1, 0.15) is 26.3 Å². The fraction of sp³-hybridized carbons (Fsp3) is 0.226. The van der Waals surface area contributed by atoms with Crippen molar-refractivity contribution in [3.8, 4) is 0 Å². The predicted octanol–water partition coefficient (Wildman–Crippen LogP) is 6.27. The molecule has 0 bridgehead atoms. The Morgan fingerprint density at radius 1 is 0.618 bits per heavy atom. The molecule has 0 spiro atoms. The van der Waals surface area contributed by atoms with Crippen molar-refractivity contribution in [2.75, 3.05) is 18.1 Å². The van der Waals surface area contributed by atoms with E-state index >= 15 is 0 Å². The van der Waals surface area contributed by atoms with Gasteiger partial charge in [0.1, 0.15) is 0 Å². The van der Waals surface area contributed by atoms with Crippen molar-refractivity contribution in [3.63, 3.8) is 0 Å². The lowest BCUT2D eigenvalue weighted by molar-refractivity contribution is 0.303. The molecule has 0 aliphatic heterocycles. The van der Waals surface area contributed by atoms with Gasteiger partial charge in [0.2, 0.25) is 0 Å². The van der Waals surface area contributed by atoms with Crippen LogP contribution in [-0.4, -0.2) is 21.5 Å². The first-order chi connectivity index (χ1) is 16.5. The molecular formula is C31H35NOSi. The van der Waals surface area contributed by atoms with E-state index in [-0.39, 0.29) is 5.04 Å². The van der Waals surface area contributed by atoms with Crippen molar-refractivity contribution in [3.05, 3.63) is 127 Å². The summed E-state index contributed by atoms with van der Waals surface area (Å²) < 4.78 is 7.15. The largest absolute Gasteiger partial charge is 0.406 e. The van der Waals surface area contributed by atoms with Crippen molar-refractivity contribution < 1.29 is 4.43 Å². The summed E-state index contributed by atoms with van der Waals surface area (Å²) in [6, 6.07) is 43.1. The normalized spacial score (nSPS) is 11.9. The van der Waals surface area contributed by atoms with E-state index in [1.54, 1.807) is 0 Å². The molecule has 0 radical (unpaired) electrons.